The maximum Gasteiger partial charge on any atom is 0.305 e. The van der Waals surface area contributed by atoms with Crippen molar-refractivity contribution in [3.8, 4) is 11.5 Å². The number of carbonyl (C=O) groups excluding carboxylic acids is 1. The minimum Gasteiger partial charge on any atom is -0.497 e. The van der Waals surface area contributed by atoms with Gasteiger partial charge in [0.25, 0.3) is 0 Å². The van der Waals surface area contributed by atoms with Crippen molar-refractivity contribution in [1.29, 1.82) is 0 Å². The monoisotopic (exact) mass is 347 g/mol. The largest absolute Gasteiger partial charge is 0.497 e. The van der Waals surface area contributed by atoms with Crippen molar-refractivity contribution in [2.24, 2.45) is 0 Å². The number of nitrogens with one attached hydrogen (secondary N) is 1. The van der Waals surface area contributed by atoms with Gasteiger partial charge in [0, 0.05) is 18.1 Å². The molecule has 0 radical (unpaired) electrons. The van der Waals surface area contributed by atoms with Crippen molar-refractivity contribution in [2.75, 3.05) is 14.2 Å². The summed E-state index contributed by atoms with van der Waals surface area (Å²) in [6.07, 6.45) is 6.42. The van der Waals surface area contributed by atoms with Gasteiger partial charge >= 0.3 is 5.97 Å². The molecule has 1 aromatic rings. The number of ether oxygens (including phenoxy) is 2. The standard InChI is InChI=1S/C19H25NO5/c1-24-14-8-9-15(17(11-14)25-2)16(12-19(22)23)20-18(21)10-13-6-4-3-5-7-13/h6,8-9,11,16H,3-5,7,10,12H2,1-2H3,(H,20,21)(H,22,23). The van der Waals surface area contributed by atoms with E-state index in [2.05, 4.69) is 11.4 Å². The Morgan fingerprint density at radius 1 is 1.24 bits per heavy atom. The number of carboxylic acids is 1. The highest BCUT2D eigenvalue weighted by atomic mass is 16.5. The smallest absolute Gasteiger partial charge is 0.305 e. The lowest BCUT2D eigenvalue weighted by atomic mass is 9.96. The molecule has 136 valence electrons. The van der Waals surface area contributed by atoms with Crippen LogP contribution in [0, 0.1) is 0 Å². The molecule has 25 heavy (non-hydrogen) atoms. The maximum atomic E-state index is 12.4. The fourth-order valence-corrected chi connectivity index (χ4v) is 3.04. The van der Waals surface area contributed by atoms with E-state index in [0.29, 0.717) is 23.5 Å². The Morgan fingerprint density at radius 2 is 2.04 bits per heavy atom. The summed E-state index contributed by atoms with van der Waals surface area (Å²) in [6.45, 7) is 0. The SMILES string of the molecule is COc1ccc(C(CC(=O)O)NC(=O)CC2=CCCCC2)c(OC)c1. The molecule has 6 nitrogen and oxygen atoms in total. The average molecular weight is 347 g/mol. The van der Waals surface area contributed by atoms with Crippen molar-refractivity contribution in [2.45, 2.75) is 44.6 Å². The lowest BCUT2D eigenvalue weighted by Gasteiger charge is -2.21. The van der Waals surface area contributed by atoms with E-state index in [1.807, 2.05) is 0 Å². The molecule has 0 aromatic heterocycles. The normalized spacial score (nSPS) is 15.0. The number of allylic oxidation sites excluding steroid dienone is 1. The highest BCUT2D eigenvalue weighted by molar-refractivity contribution is 5.80. The van der Waals surface area contributed by atoms with E-state index in [0.717, 1.165) is 31.3 Å². The molecule has 0 spiro atoms. The highest BCUT2D eigenvalue weighted by Gasteiger charge is 2.22. The third-order valence-electron chi connectivity index (χ3n) is 4.30. The summed E-state index contributed by atoms with van der Waals surface area (Å²) in [4.78, 5) is 23.6. The molecule has 0 aliphatic heterocycles. The lowest BCUT2D eigenvalue weighted by molar-refractivity contribution is -0.137. The van der Waals surface area contributed by atoms with Gasteiger partial charge in [0.1, 0.15) is 11.5 Å². The number of hydrogen-bond donors (Lipinski definition) is 2. The van der Waals surface area contributed by atoms with Gasteiger partial charge in [-0.2, -0.15) is 0 Å². The number of hydrogen-bond acceptors (Lipinski definition) is 4. The van der Waals surface area contributed by atoms with Crippen molar-refractivity contribution in [3.63, 3.8) is 0 Å². The van der Waals surface area contributed by atoms with Gasteiger partial charge in [-0.15, -0.1) is 0 Å². The topological polar surface area (TPSA) is 84.9 Å². The minimum absolute atomic E-state index is 0.169. The van der Waals surface area contributed by atoms with E-state index in [1.165, 1.54) is 7.11 Å². The second kappa shape index (κ2) is 9.11. The van der Waals surface area contributed by atoms with Crippen molar-refractivity contribution >= 4 is 11.9 Å². The Hall–Kier alpha value is -2.50. The Morgan fingerprint density at radius 3 is 2.64 bits per heavy atom. The van der Waals surface area contributed by atoms with Crippen LogP contribution in [0.15, 0.2) is 29.8 Å². The number of methoxy groups -OCH3 is 2. The first-order valence-electron chi connectivity index (χ1n) is 8.44. The summed E-state index contributed by atoms with van der Waals surface area (Å²) in [5.74, 6) is -0.0616. The average Bonchev–Trinajstić information content (AvgIpc) is 2.61. The zero-order valence-corrected chi connectivity index (χ0v) is 14.7. The molecule has 6 heteroatoms. The van der Waals surface area contributed by atoms with Crippen LogP contribution in [0.25, 0.3) is 0 Å². The van der Waals surface area contributed by atoms with Crippen LogP contribution in [-0.4, -0.2) is 31.2 Å². The van der Waals surface area contributed by atoms with Gasteiger partial charge in [-0.25, -0.2) is 0 Å². The summed E-state index contributed by atoms with van der Waals surface area (Å²) in [7, 11) is 3.05. The van der Waals surface area contributed by atoms with Gasteiger partial charge in [0.15, 0.2) is 0 Å². The second-order valence-electron chi connectivity index (χ2n) is 6.11. The molecule has 0 heterocycles. The Balaban J connectivity index is 2.16. The molecular weight excluding hydrogens is 322 g/mol. The minimum atomic E-state index is -0.986. The van der Waals surface area contributed by atoms with Crippen molar-refractivity contribution in [1.82, 2.24) is 5.32 Å². The second-order valence-corrected chi connectivity index (χ2v) is 6.11. The molecule has 1 atom stereocenters. The van der Waals surface area contributed by atoms with E-state index >= 15 is 0 Å². The summed E-state index contributed by atoms with van der Waals surface area (Å²) < 4.78 is 10.5. The zero-order chi connectivity index (χ0) is 18.2. The number of carboxylic acid groups (broad SMARTS) is 1. The van der Waals surface area contributed by atoms with Crippen molar-refractivity contribution in [3.05, 3.63) is 35.4 Å². The summed E-state index contributed by atoms with van der Waals surface area (Å²) in [6, 6.07) is 4.48. The highest BCUT2D eigenvalue weighted by Crippen LogP contribution is 2.31. The molecule has 0 saturated heterocycles. The molecule has 1 aromatic carbocycles. The first-order chi connectivity index (χ1) is 12.0. The van der Waals surface area contributed by atoms with Gasteiger partial charge in [0.2, 0.25) is 5.91 Å². The summed E-state index contributed by atoms with van der Waals surface area (Å²) >= 11 is 0. The number of aliphatic carboxylic acids is 1. The van der Waals surface area contributed by atoms with Crippen LogP contribution in [0.2, 0.25) is 0 Å². The molecule has 0 bridgehead atoms. The van der Waals surface area contributed by atoms with Crippen LogP contribution in [-0.2, 0) is 9.59 Å². The number of benzene rings is 1. The fourth-order valence-electron chi connectivity index (χ4n) is 3.04. The van der Waals surface area contributed by atoms with Crippen LogP contribution in [0.3, 0.4) is 0 Å². The molecule has 1 aliphatic carbocycles. The van der Waals surface area contributed by atoms with Crippen LogP contribution in [0.5, 0.6) is 11.5 Å². The summed E-state index contributed by atoms with van der Waals surface area (Å²) in [5, 5.41) is 12.1. The molecule has 1 unspecified atom stereocenters. The van der Waals surface area contributed by atoms with E-state index in [1.54, 1.807) is 25.3 Å². The van der Waals surface area contributed by atoms with Gasteiger partial charge in [-0.05, 0) is 37.8 Å². The number of rotatable bonds is 8. The lowest BCUT2D eigenvalue weighted by Crippen LogP contribution is -2.30. The molecule has 1 aliphatic rings. The summed E-state index contributed by atoms with van der Waals surface area (Å²) in [5.41, 5.74) is 1.75. The van der Waals surface area contributed by atoms with E-state index in [-0.39, 0.29) is 12.3 Å². The zero-order valence-electron chi connectivity index (χ0n) is 14.7. The van der Waals surface area contributed by atoms with Gasteiger partial charge < -0.3 is 19.9 Å². The maximum absolute atomic E-state index is 12.4. The number of carbonyl (C=O) groups is 2. The molecule has 2 N–H and O–H groups in total. The third-order valence-corrected chi connectivity index (χ3v) is 4.30. The molecule has 2 rings (SSSR count). The fraction of sp³-hybridized carbons (Fsp3) is 0.474. The number of amides is 1. The first kappa shape index (κ1) is 18.8. The predicted molar refractivity (Wildman–Crippen MR) is 93.9 cm³/mol. The Bertz CT molecular complexity index is 653. The molecule has 0 saturated carbocycles. The van der Waals surface area contributed by atoms with Crippen LogP contribution >= 0.6 is 0 Å². The van der Waals surface area contributed by atoms with Crippen LogP contribution in [0.4, 0.5) is 0 Å². The van der Waals surface area contributed by atoms with Gasteiger partial charge in [0.05, 0.1) is 26.7 Å². The van der Waals surface area contributed by atoms with E-state index in [9.17, 15) is 14.7 Å². The Kier molecular flexibility index (Phi) is 6.86. The molecule has 1 amide bonds. The van der Waals surface area contributed by atoms with Crippen LogP contribution in [0.1, 0.15) is 50.1 Å². The molecule has 0 fully saturated rings. The van der Waals surface area contributed by atoms with Gasteiger partial charge in [-0.3, -0.25) is 9.59 Å². The quantitative estimate of drug-likeness (QED) is 0.705. The van der Waals surface area contributed by atoms with Crippen molar-refractivity contribution < 1.29 is 24.2 Å². The third kappa shape index (κ3) is 5.52. The predicted octanol–water partition coefficient (Wildman–Crippen LogP) is 3.23. The van der Waals surface area contributed by atoms with Crippen LogP contribution < -0.4 is 14.8 Å². The molecular formula is C19H25NO5. The first-order valence-corrected chi connectivity index (χ1v) is 8.44. The van der Waals surface area contributed by atoms with E-state index < -0.39 is 12.0 Å². The van der Waals surface area contributed by atoms with Gasteiger partial charge in [-0.1, -0.05) is 11.6 Å². The Labute approximate surface area is 147 Å². The van der Waals surface area contributed by atoms with E-state index in [4.69, 9.17) is 9.47 Å².